The molecule has 7 nitrogen and oxygen atoms in total. The molecular formula is C21H39ClN4O3. The zero-order valence-corrected chi connectivity index (χ0v) is 18.9. The van der Waals surface area contributed by atoms with Gasteiger partial charge in [0, 0.05) is 51.5 Å². The Kier molecular flexibility index (Phi) is 12.2. The molecule has 8 heteroatoms. The van der Waals surface area contributed by atoms with E-state index in [0.717, 1.165) is 45.2 Å². The van der Waals surface area contributed by atoms with Crippen molar-refractivity contribution in [2.45, 2.75) is 58.8 Å². The minimum atomic E-state index is 0. The van der Waals surface area contributed by atoms with Crippen molar-refractivity contribution in [3.63, 3.8) is 0 Å². The lowest BCUT2D eigenvalue weighted by Crippen LogP contribution is -2.50. The van der Waals surface area contributed by atoms with Gasteiger partial charge in [0.25, 0.3) is 0 Å². The van der Waals surface area contributed by atoms with Crippen LogP contribution in [0.15, 0.2) is 0 Å². The number of piperidine rings is 1. The molecule has 2 aliphatic rings. The van der Waals surface area contributed by atoms with Crippen molar-refractivity contribution in [3.05, 3.63) is 0 Å². The molecule has 2 heterocycles. The number of amides is 3. The van der Waals surface area contributed by atoms with E-state index in [1.165, 1.54) is 0 Å². The van der Waals surface area contributed by atoms with Gasteiger partial charge >= 0.3 is 0 Å². The van der Waals surface area contributed by atoms with Crippen LogP contribution in [0.2, 0.25) is 0 Å². The van der Waals surface area contributed by atoms with Crippen LogP contribution in [0.3, 0.4) is 0 Å². The molecule has 0 bridgehead atoms. The molecule has 0 radical (unpaired) electrons. The number of carbonyl (C=O) groups excluding carboxylic acids is 3. The first kappa shape index (κ1) is 25.7. The van der Waals surface area contributed by atoms with Crippen molar-refractivity contribution < 1.29 is 14.4 Å². The van der Waals surface area contributed by atoms with Crippen molar-refractivity contribution >= 4 is 30.1 Å². The second-order valence-corrected chi connectivity index (χ2v) is 8.49. The van der Waals surface area contributed by atoms with Gasteiger partial charge in [-0.05, 0) is 44.7 Å². The van der Waals surface area contributed by atoms with Crippen LogP contribution in [-0.2, 0) is 14.4 Å². The molecule has 2 N–H and O–H groups in total. The summed E-state index contributed by atoms with van der Waals surface area (Å²) in [6, 6.07) is 0. The normalized spacial score (nSPS) is 17.8. The lowest BCUT2D eigenvalue weighted by atomic mass is 9.97. The van der Waals surface area contributed by atoms with E-state index < -0.39 is 0 Å². The van der Waals surface area contributed by atoms with E-state index in [2.05, 4.69) is 24.5 Å². The Labute approximate surface area is 181 Å². The lowest BCUT2D eigenvalue weighted by molar-refractivity contribution is -0.140. The molecule has 0 aromatic heterocycles. The van der Waals surface area contributed by atoms with E-state index in [4.69, 9.17) is 0 Å². The maximum atomic E-state index is 12.3. The van der Waals surface area contributed by atoms with Crippen molar-refractivity contribution in [2.24, 2.45) is 11.8 Å². The third kappa shape index (κ3) is 9.34. The molecule has 0 aliphatic carbocycles. The standard InChI is InChI=1S/C21H38N4O3.ClH/c1-17(2)16-20(27)25-14-12-24(13-15-25)19(26)6-4-3-5-9-23-21(28)18-7-10-22-11-8-18;/h17-18,22H,3-16H2,1-2H3,(H,23,28);1H. The Bertz CT molecular complexity index is 516. The number of halogens is 1. The molecule has 3 amide bonds. The van der Waals surface area contributed by atoms with Gasteiger partial charge < -0.3 is 20.4 Å². The van der Waals surface area contributed by atoms with Gasteiger partial charge in [0.15, 0.2) is 0 Å². The Balaban J connectivity index is 0.00000420. The molecule has 168 valence electrons. The number of unbranched alkanes of at least 4 members (excludes halogenated alkanes) is 2. The summed E-state index contributed by atoms with van der Waals surface area (Å²) >= 11 is 0. The predicted octanol–water partition coefficient (Wildman–Crippen LogP) is 1.80. The summed E-state index contributed by atoms with van der Waals surface area (Å²) in [7, 11) is 0. The molecule has 0 aromatic carbocycles. The fourth-order valence-electron chi connectivity index (χ4n) is 3.86. The van der Waals surface area contributed by atoms with Crippen LogP contribution < -0.4 is 10.6 Å². The maximum absolute atomic E-state index is 12.3. The lowest BCUT2D eigenvalue weighted by Gasteiger charge is -2.35. The summed E-state index contributed by atoms with van der Waals surface area (Å²) in [4.78, 5) is 40.3. The molecule has 2 rings (SSSR count). The van der Waals surface area contributed by atoms with Crippen LogP contribution in [0.4, 0.5) is 0 Å². The highest BCUT2D eigenvalue weighted by Gasteiger charge is 2.24. The van der Waals surface area contributed by atoms with Gasteiger partial charge in [-0.15, -0.1) is 12.4 Å². The van der Waals surface area contributed by atoms with Gasteiger partial charge in [-0.2, -0.15) is 0 Å². The molecule has 0 aromatic rings. The summed E-state index contributed by atoms with van der Waals surface area (Å²) < 4.78 is 0. The van der Waals surface area contributed by atoms with Crippen LogP contribution in [0, 0.1) is 11.8 Å². The molecule has 0 saturated carbocycles. The molecule has 0 spiro atoms. The second kappa shape index (κ2) is 13.8. The summed E-state index contributed by atoms with van der Waals surface area (Å²) in [5, 5.41) is 6.30. The summed E-state index contributed by atoms with van der Waals surface area (Å²) in [5.41, 5.74) is 0. The average molecular weight is 431 g/mol. The minimum Gasteiger partial charge on any atom is -0.356 e. The van der Waals surface area contributed by atoms with Crippen LogP contribution in [0.25, 0.3) is 0 Å². The number of hydrogen-bond donors (Lipinski definition) is 2. The van der Waals surface area contributed by atoms with Crippen molar-refractivity contribution in [1.82, 2.24) is 20.4 Å². The van der Waals surface area contributed by atoms with Crippen LogP contribution in [-0.4, -0.2) is 73.3 Å². The van der Waals surface area contributed by atoms with E-state index in [1.54, 1.807) is 0 Å². The van der Waals surface area contributed by atoms with Gasteiger partial charge in [0.05, 0.1) is 0 Å². The summed E-state index contributed by atoms with van der Waals surface area (Å²) in [6.45, 7) is 9.27. The molecule has 0 atom stereocenters. The van der Waals surface area contributed by atoms with E-state index in [1.807, 2.05) is 9.80 Å². The van der Waals surface area contributed by atoms with Crippen LogP contribution >= 0.6 is 12.4 Å². The van der Waals surface area contributed by atoms with Crippen molar-refractivity contribution in [1.29, 1.82) is 0 Å². The van der Waals surface area contributed by atoms with E-state index in [9.17, 15) is 14.4 Å². The SMILES string of the molecule is CC(C)CC(=O)N1CCN(C(=O)CCCCCNC(=O)C2CCNCC2)CC1.Cl. The smallest absolute Gasteiger partial charge is 0.223 e. The number of carbonyl (C=O) groups is 3. The fourth-order valence-corrected chi connectivity index (χ4v) is 3.86. The zero-order chi connectivity index (χ0) is 20.4. The Hall–Kier alpha value is -1.34. The zero-order valence-electron chi connectivity index (χ0n) is 18.1. The Morgan fingerprint density at radius 1 is 0.931 bits per heavy atom. The first-order valence-corrected chi connectivity index (χ1v) is 11.0. The largest absolute Gasteiger partial charge is 0.356 e. The van der Waals surface area contributed by atoms with Crippen molar-refractivity contribution in [3.8, 4) is 0 Å². The molecule has 2 aliphatic heterocycles. The number of rotatable bonds is 9. The predicted molar refractivity (Wildman–Crippen MR) is 117 cm³/mol. The van der Waals surface area contributed by atoms with Gasteiger partial charge in [0.2, 0.25) is 17.7 Å². The Morgan fingerprint density at radius 3 is 2.10 bits per heavy atom. The number of nitrogens with zero attached hydrogens (tertiary/aromatic N) is 2. The van der Waals surface area contributed by atoms with Gasteiger partial charge in [-0.3, -0.25) is 14.4 Å². The average Bonchev–Trinajstić information content (AvgIpc) is 2.70. The second-order valence-electron chi connectivity index (χ2n) is 8.49. The van der Waals surface area contributed by atoms with Crippen LogP contribution in [0.5, 0.6) is 0 Å². The number of hydrogen-bond acceptors (Lipinski definition) is 4. The van der Waals surface area contributed by atoms with Gasteiger partial charge in [0.1, 0.15) is 0 Å². The van der Waals surface area contributed by atoms with Gasteiger partial charge in [-0.25, -0.2) is 0 Å². The maximum Gasteiger partial charge on any atom is 0.223 e. The highest BCUT2D eigenvalue weighted by molar-refractivity contribution is 5.85. The summed E-state index contributed by atoms with van der Waals surface area (Å²) in [5.74, 6) is 1.11. The first-order valence-electron chi connectivity index (χ1n) is 11.0. The van der Waals surface area contributed by atoms with E-state index in [0.29, 0.717) is 51.5 Å². The topological polar surface area (TPSA) is 81.8 Å². The van der Waals surface area contributed by atoms with E-state index in [-0.39, 0.29) is 36.0 Å². The van der Waals surface area contributed by atoms with E-state index >= 15 is 0 Å². The first-order chi connectivity index (χ1) is 13.5. The number of piperazine rings is 1. The molecule has 2 fully saturated rings. The third-order valence-electron chi connectivity index (χ3n) is 5.64. The summed E-state index contributed by atoms with van der Waals surface area (Å²) in [6.07, 6.45) is 5.72. The minimum absolute atomic E-state index is 0. The molecule has 0 unspecified atom stereocenters. The highest BCUT2D eigenvalue weighted by Crippen LogP contribution is 2.12. The molecule has 29 heavy (non-hydrogen) atoms. The molecular weight excluding hydrogens is 392 g/mol. The highest BCUT2D eigenvalue weighted by atomic mass is 35.5. The number of nitrogens with one attached hydrogen (secondary N) is 2. The Morgan fingerprint density at radius 2 is 1.52 bits per heavy atom. The van der Waals surface area contributed by atoms with Gasteiger partial charge in [-0.1, -0.05) is 20.3 Å². The monoisotopic (exact) mass is 430 g/mol. The quantitative estimate of drug-likeness (QED) is 0.546. The third-order valence-corrected chi connectivity index (χ3v) is 5.64. The fraction of sp³-hybridized carbons (Fsp3) is 0.857. The van der Waals surface area contributed by atoms with Crippen LogP contribution in [0.1, 0.15) is 58.8 Å². The molecule has 2 saturated heterocycles. The van der Waals surface area contributed by atoms with Crippen molar-refractivity contribution in [2.75, 3.05) is 45.8 Å².